The van der Waals surface area contributed by atoms with E-state index in [9.17, 15) is 9.59 Å². The van der Waals surface area contributed by atoms with Gasteiger partial charge in [-0.15, -0.1) is 11.8 Å². The van der Waals surface area contributed by atoms with Crippen LogP contribution in [-0.4, -0.2) is 22.7 Å². The predicted molar refractivity (Wildman–Crippen MR) is 83.7 cm³/mol. The van der Waals surface area contributed by atoms with Crippen LogP contribution in [0, 0.1) is 0 Å². The van der Waals surface area contributed by atoms with E-state index in [0.717, 1.165) is 11.3 Å². The molecule has 0 aliphatic carbocycles. The molecule has 3 rings (SSSR count). The van der Waals surface area contributed by atoms with Crippen LogP contribution in [-0.2, 0) is 11.8 Å². The fraction of sp³-hybridized carbons (Fsp3) is 0.188. The van der Waals surface area contributed by atoms with Gasteiger partial charge in [-0.1, -0.05) is 0 Å². The summed E-state index contributed by atoms with van der Waals surface area (Å²) in [5, 5.41) is 8.88. The summed E-state index contributed by atoms with van der Waals surface area (Å²) in [6.45, 7) is 0. The molecule has 0 saturated carbocycles. The summed E-state index contributed by atoms with van der Waals surface area (Å²) in [5.74, 6) is -0.519. The molecule has 1 aliphatic heterocycles. The van der Waals surface area contributed by atoms with Gasteiger partial charge in [-0.05, 0) is 30.3 Å². The fourth-order valence-corrected chi connectivity index (χ4v) is 3.63. The quantitative estimate of drug-likeness (QED) is 0.880. The van der Waals surface area contributed by atoms with Crippen molar-refractivity contribution < 1.29 is 19.3 Å². The number of benzene rings is 1. The van der Waals surface area contributed by atoms with Crippen molar-refractivity contribution in [3.8, 4) is 0 Å². The lowest BCUT2D eigenvalue weighted by Gasteiger charge is -2.23. The van der Waals surface area contributed by atoms with Crippen molar-refractivity contribution in [3.05, 3.63) is 59.9 Å². The highest BCUT2D eigenvalue weighted by atomic mass is 32.2. The van der Waals surface area contributed by atoms with Gasteiger partial charge in [-0.3, -0.25) is 9.69 Å². The molecule has 0 spiro atoms. The summed E-state index contributed by atoms with van der Waals surface area (Å²) in [5.41, 5.74) is 1.98. The Bertz CT molecular complexity index is 730. The van der Waals surface area contributed by atoms with E-state index in [-0.39, 0.29) is 16.8 Å². The van der Waals surface area contributed by atoms with Gasteiger partial charge in [0.2, 0.25) is 5.91 Å². The zero-order valence-electron chi connectivity index (χ0n) is 12.0. The van der Waals surface area contributed by atoms with Crippen molar-refractivity contribution in [3.63, 3.8) is 0 Å². The van der Waals surface area contributed by atoms with Crippen LogP contribution in [0.1, 0.15) is 21.3 Å². The van der Waals surface area contributed by atoms with E-state index >= 15 is 0 Å². The molecule has 1 amide bonds. The van der Waals surface area contributed by atoms with Gasteiger partial charge in [0, 0.05) is 17.3 Å². The topological polar surface area (TPSA) is 61.5 Å². The molecule has 1 aromatic carbocycles. The Morgan fingerprint density at radius 1 is 1.32 bits per heavy atom. The summed E-state index contributed by atoms with van der Waals surface area (Å²) in [4.78, 5) is 24.9. The van der Waals surface area contributed by atoms with Crippen molar-refractivity contribution >= 4 is 29.3 Å². The molecule has 1 atom stereocenters. The number of aromatic carboxylic acids is 1. The van der Waals surface area contributed by atoms with Gasteiger partial charge in [0.25, 0.3) is 0 Å². The Labute approximate surface area is 132 Å². The minimum absolute atomic E-state index is 0.0320. The number of rotatable bonds is 3. The van der Waals surface area contributed by atoms with Gasteiger partial charge in [-0.2, -0.15) is 0 Å². The first-order valence-corrected chi connectivity index (χ1v) is 7.83. The molecular formula is C16H15N2O3S+. The van der Waals surface area contributed by atoms with Crippen LogP contribution in [0.2, 0.25) is 0 Å². The lowest BCUT2D eigenvalue weighted by Crippen LogP contribution is -2.31. The SMILES string of the molecule is C[n+]1cccc(C2SCC(=O)N2c2ccc(C(=O)O)cc2)c1. The number of hydrogen-bond donors (Lipinski definition) is 1. The molecule has 2 aromatic rings. The minimum atomic E-state index is -0.972. The van der Waals surface area contributed by atoms with Crippen LogP contribution in [0.4, 0.5) is 5.69 Å². The molecule has 1 saturated heterocycles. The second-order valence-electron chi connectivity index (χ2n) is 5.08. The first-order valence-electron chi connectivity index (χ1n) is 6.78. The Balaban J connectivity index is 1.95. The maximum absolute atomic E-state index is 12.2. The van der Waals surface area contributed by atoms with Gasteiger partial charge in [0.15, 0.2) is 12.4 Å². The molecule has 1 fully saturated rings. The Hall–Kier alpha value is -2.34. The molecule has 112 valence electrons. The first kappa shape index (κ1) is 14.6. The van der Waals surface area contributed by atoms with Crippen LogP contribution >= 0.6 is 11.8 Å². The average molecular weight is 315 g/mol. The normalized spacial score (nSPS) is 17.8. The highest BCUT2D eigenvalue weighted by molar-refractivity contribution is 8.00. The van der Waals surface area contributed by atoms with E-state index in [1.807, 2.05) is 36.1 Å². The number of nitrogens with zero attached hydrogens (tertiary/aromatic N) is 2. The van der Waals surface area contributed by atoms with Crippen LogP contribution in [0.25, 0.3) is 0 Å². The first-order chi connectivity index (χ1) is 10.6. The molecule has 1 aliphatic rings. The zero-order chi connectivity index (χ0) is 15.7. The number of carboxylic acids is 1. The standard InChI is InChI=1S/C16H14N2O3S/c1-17-8-2-3-12(9-17)15-18(14(19)10-22-15)13-6-4-11(5-7-13)16(20)21/h2-9,15H,10H2,1H3/p+1. The molecule has 1 N–H and O–H groups in total. The number of thioether (sulfide) groups is 1. The molecule has 5 nitrogen and oxygen atoms in total. The summed E-state index contributed by atoms with van der Waals surface area (Å²) in [7, 11) is 1.94. The summed E-state index contributed by atoms with van der Waals surface area (Å²) in [6, 6.07) is 10.4. The zero-order valence-corrected chi connectivity index (χ0v) is 12.8. The van der Waals surface area contributed by atoms with Gasteiger partial charge >= 0.3 is 5.97 Å². The van der Waals surface area contributed by atoms with Crippen molar-refractivity contribution in [2.75, 3.05) is 10.7 Å². The van der Waals surface area contributed by atoms with Crippen LogP contribution in [0.5, 0.6) is 0 Å². The maximum atomic E-state index is 12.2. The third kappa shape index (κ3) is 2.69. The predicted octanol–water partition coefficient (Wildman–Crippen LogP) is 1.99. The van der Waals surface area contributed by atoms with Crippen LogP contribution in [0.15, 0.2) is 48.8 Å². The molecule has 0 bridgehead atoms. The summed E-state index contributed by atoms with van der Waals surface area (Å²) >= 11 is 1.57. The highest BCUT2D eigenvalue weighted by Gasteiger charge is 2.35. The number of carbonyl (C=O) groups excluding carboxylic acids is 1. The number of amides is 1. The molecular weight excluding hydrogens is 300 g/mol. The number of pyridine rings is 1. The van der Waals surface area contributed by atoms with Crippen molar-refractivity contribution in [1.29, 1.82) is 0 Å². The molecule has 6 heteroatoms. The highest BCUT2D eigenvalue weighted by Crippen LogP contribution is 2.41. The summed E-state index contributed by atoms with van der Waals surface area (Å²) < 4.78 is 1.95. The Kier molecular flexibility index (Phi) is 3.85. The van der Waals surface area contributed by atoms with Gasteiger partial charge in [0.05, 0.1) is 11.3 Å². The number of aromatic nitrogens is 1. The van der Waals surface area contributed by atoms with E-state index < -0.39 is 5.97 Å². The summed E-state index contributed by atoms with van der Waals surface area (Å²) in [6.07, 6.45) is 3.94. The molecule has 0 radical (unpaired) electrons. The smallest absolute Gasteiger partial charge is 0.335 e. The maximum Gasteiger partial charge on any atom is 0.335 e. The van der Waals surface area contributed by atoms with E-state index in [4.69, 9.17) is 5.11 Å². The number of anilines is 1. The van der Waals surface area contributed by atoms with E-state index in [1.165, 1.54) is 12.1 Å². The van der Waals surface area contributed by atoms with E-state index in [2.05, 4.69) is 0 Å². The van der Waals surface area contributed by atoms with Crippen molar-refractivity contribution in [2.24, 2.45) is 7.05 Å². The minimum Gasteiger partial charge on any atom is -0.478 e. The van der Waals surface area contributed by atoms with E-state index in [0.29, 0.717) is 5.75 Å². The Morgan fingerprint density at radius 2 is 2.05 bits per heavy atom. The van der Waals surface area contributed by atoms with Crippen LogP contribution < -0.4 is 9.47 Å². The Morgan fingerprint density at radius 3 is 2.68 bits per heavy atom. The van der Waals surface area contributed by atoms with Crippen molar-refractivity contribution in [2.45, 2.75) is 5.37 Å². The lowest BCUT2D eigenvalue weighted by atomic mass is 10.1. The van der Waals surface area contributed by atoms with Gasteiger partial charge < -0.3 is 5.11 Å². The number of hydrogen-bond acceptors (Lipinski definition) is 3. The fourth-order valence-electron chi connectivity index (χ4n) is 2.47. The monoisotopic (exact) mass is 315 g/mol. The van der Waals surface area contributed by atoms with Gasteiger partial charge in [-0.25, -0.2) is 9.36 Å². The third-order valence-corrected chi connectivity index (χ3v) is 4.72. The van der Waals surface area contributed by atoms with Crippen LogP contribution in [0.3, 0.4) is 0 Å². The lowest BCUT2D eigenvalue weighted by molar-refractivity contribution is -0.671. The molecule has 22 heavy (non-hydrogen) atoms. The number of carbonyl (C=O) groups is 2. The second kappa shape index (κ2) is 5.81. The molecule has 2 heterocycles. The third-order valence-electron chi connectivity index (χ3n) is 3.51. The molecule has 1 unspecified atom stereocenters. The van der Waals surface area contributed by atoms with Crippen molar-refractivity contribution in [1.82, 2.24) is 0 Å². The molecule has 1 aromatic heterocycles. The average Bonchev–Trinajstić information content (AvgIpc) is 2.89. The van der Waals surface area contributed by atoms with E-state index in [1.54, 1.807) is 28.8 Å². The second-order valence-corrected chi connectivity index (χ2v) is 6.15. The number of carboxylic acid groups (broad SMARTS) is 1. The number of aryl methyl sites for hydroxylation is 1. The largest absolute Gasteiger partial charge is 0.478 e. The van der Waals surface area contributed by atoms with Gasteiger partial charge in [0.1, 0.15) is 12.4 Å².